The van der Waals surface area contributed by atoms with Crippen LogP contribution in [0, 0.1) is 0 Å². The van der Waals surface area contributed by atoms with E-state index in [0.717, 1.165) is 18.7 Å². The summed E-state index contributed by atoms with van der Waals surface area (Å²) in [6, 6.07) is 9.13. The first kappa shape index (κ1) is 20.3. The molecule has 0 aliphatic heterocycles. The Balaban J connectivity index is 1.71. The van der Waals surface area contributed by atoms with Crippen molar-refractivity contribution in [3.8, 4) is 11.5 Å². The van der Waals surface area contributed by atoms with Crippen LogP contribution in [0.4, 0.5) is 10.5 Å². The Hall–Kier alpha value is -3.42. The first-order chi connectivity index (χ1) is 14.1. The molecule has 2 aromatic heterocycles. The van der Waals surface area contributed by atoms with E-state index in [-0.39, 0.29) is 6.03 Å². The highest BCUT2D eigenvalue weighted by atomic mass is 16.5. The molecule has 8 heteroatoms. The number of aromatic nitrogens is 3. The van der Waals surface area contributed by atoms with Crippen LogP contribution >= 0.6 is 0 Å². The number of aryl methyl sites for hydroxylation is 2. The van der Waals surface area contributed by atoms with E-state index in [1.165, 1.54) is 0 Å². The van der Waals surface area contributed by atoms with Gasteiger partial charge in [-0.25, -0.2) is 9.78 Å². The summed E-state index contributed by atoms with van der Waals surface area (Å²) in [5.41, 5.74) is 1.66. The Labute approximate surface area is 170 Å². The molecule has 0 aliphatic rings. The number of nitrogens with one attached hydrogen (secondary N) is 1. The second-order valence-corrected chi connectivity index (χ2v) is 6.68. The van der Waals surface area contributed by atoms with Crippen molar-refractivity contribution in [2.75, 3.05) is 26.1 Å². The van der Waals surface area contributed by atoms with E-state index in [4.69, 9.17) is 9.47 Å². The third-order valence-electron chi connectivity index (χ3n) is 4.75. The zero-order valence-corrected chi connectivity index (χ0v) is 17.0. The van der Waals surface area contributed by atoms with Gasteiger partial charge in [0.15, 0.2) is 0 Å². The van der Waals surface area contributed by atoms with E-state index >= 15 is 0 Å². The van der Waals surface area contributed by atoms with Gasteiger partial charge in [-0.15, -0.1) is 0 Å². The van der Waals surface area contributed by atoms with Crippen molar-refractivity contribution in [3.63, 3.8) is 0 Å². The summed E-state index contributed by atoms with van der Waals surface area (Å²) in [6.45, 7) is 1.91. The average molecular weight is 397 g/mol. The minimum atomic E-state index is -0.180. The van der Waals surface area contributed by atoms with Crippen molar-refractivity contribution in [1.82, 2.24) is 19.0 Å². The predicted octanol–water partition coefficient (Wildman–Crippen LogP) is 3.36. The largest absolute Gasteiger partial charge is 0.497 e. The van der Waals surface area contributed by atoms with Gasteiger partial charge < -0.3 is 28.8 Å². The second kappa shape index (κ2) is 9.68. The molecule has 8 nitrogen and oxygen atoms in total. The fraction of sp³-hybridized carbons (Fsp3) is 0.333. The van der Waals surface area contributed by atoms with Crippen LogP contribution in [0.5, 0.6) is 11.5 Å². The van der Waals surface area contributed by atoms with E-state index in [1.807, 2.05) is 40.7 Å². The number of hydrogen-bond donors (Lipinski definition) is 1. The molecule has 0 unspecified atom stereocenters. The Morgan fingerprint density at radius 2 is 2.07 bits per heavy atom. The fourth-order valence-corrected chi connectivity index (χ4v) is 3.07. The van der Waals surface area contributed by atoms with Crippen LogP contribution in [0.1, 0.15) is 12.1 Å². The summed E-state index contributed by atoms with van der Waals surface area (Å²) in [5, 5.41) is 2.97. The number of imidazole rings is 1. The van der Waals surface area contributed by atoms with E-state index in [0.29, 0.717) is 30.3 Å². The topological polar surface area (TPSA) is 73.5 Å². The minimum absolute atomic E-state index is 0.180. The Morgan fingerprint density at radius 3 is 2.72 bits per heavy atom. The van der Waals surface area contributed by atoms with Crippen molar-refractivity contribution < 1.29 is 14.3 Å². The molecule has 1 N–H and O–H groups in total. The lowest BCUT2D eigenvalue weighted by Crippen LogP contribution is -2.36. The summed E-state index contributed by atoms with van der Waals surface area (Å²) in [4.78, 5) is 18.9. The van der Waals surface area contributed by atoms with Crippen molar-refractivity contribution in [2.45, 2.75) is 19.5 Å². The molecule has 0 fully saturated rings. The smallest absolute Gasteiger partial charge is 0.322 e. The second-order valence-electron chi connectivity index (χ2n) is 6.68. The summed E-state index contributed by atoms with van der Waals surface area (Å²) >= 11 is 0. The molecular weight excluding hydrogens is 370 g/mol. The molecule has 0 saturated carbocycles. The molecule has 0 aliphatic carbocycles. The SMILES string of the molecule is COc1ccc(NC(=O)N(CCCn2ccnc2)Cc2cccn2C)c(OC)c1. The van der Waals surface area contributed by atoms with Crippen molar-refractivity contribution in [3.05, 3.63) is 60.9 Å². The number of ether oxygens (including phenoxy) is 2. The highest BCUT2D eigenvalue weighted by molar-refractivity contribution is 5.91. The van der Waals surface area contributed by atoms with Crippen molar-refractivity contribution in [1.29, 1.82) is 0 Å². The quantitative estimate of drug-likeness (QED) is 0.601. The lowest BCUT2D eigenvalue weighted by molar-refractivity contribution is 0.206. The van der Waals surface area contributed by atoms with Gasteiger partial charge in [0.2, 0.25) is 0 Å². The van der Waals surface area contributed by atoms with Gasteiger partial charge in [0.1, 0.15) is 11.5 Å². The highest BCUT2D eigenvalue weighted by Gasteiger charge is 2.17. The number of rotatable bonds is 9. The van der Waals surface area contributed by atoms with Gasteiger partial charge in [-0.05, 0) is 30.7 Å². The molecule has 3 aromatic rings. The first-order valence-corrected chi connectivity index (χ1v) is 9.44. The van der Waals surface area contributed by atoms with E-state index in [1.54, 1.807) is 49.8 Å². The molecule has 0 saturated heterocycles. The van der Waals surface area contributed by atoms with Crippen LogP contribution in [-0.4, -0.2) is 45.8 Å². The zero-order valence-electron chi connectivity index (χ0n) is 17.0. The minimum Gasteiger partial charge on any atom is -0.497 e. The molecule has 2 heterocycles. The lowest BCUT2D eigenvalue weighted by Gasteiger charge is -2.24. The summed E-state index contributed by atoms with van der Waals surface area (Å²) < 4.78 is 14.6. The number of methoxy groups -OCH3 is 2. The van der Waals surface area contributed by atoms with Crippen LogP contribution in [0.25, 0.3) is 0 Å². The summed E-state index contributed by atoms with van der Waals surface area (Å²) in [5.74, 6) is 1.22. The maximum atomic E-state index is 13.1. The standard InChI is InChI=1S/C21H27N5O3/c1-24-10-4-6-17(24)15-26(12-5-11-25-13-9-22-16-25)21(27)23-19-8-7-18(28-2)14-20(19)29-3/h4,6-10,13-14,16H,5,11-12,15H2,1-3H3,(H,23,27). The van der Waals surface area contributed by atoms with E-state index < -0.39 is 0 Å². The predicted molar refractivity (Wildman–Crippen MR) is 111 cm³/mol. The number of benzene rings is 1. The van der Waals surface area contributed by atoms with Gasteiger partial charge in [-0.3, -0.25) is 0 Å². The molecule has 29 heavy (non-hydrogen) atoms. The molecule has 0 atom stereocenters. The number of carbonyl (C=O) groups excluding carboxylic acids is 1. The number of hydrogen-bond acceptors (Lipinski definition) is 4. The monoisotopic (exact) mass is 397 g/mol. The molecular formula is C21H27N5O3. The Bertz CT molecular complexity index is 920. The van der Waals surface area contributed by atoms with Gasteiger partial charge in [0, 0.05) is 50.5 Å². The average Bonchev–Trinajstić information content (AvgIpc) is 3.39. The van der Waals surface area contributed by atoms with Gasteiger partial charge in [0.05, 0.1) is 32.8 Å². The molecule has 2 amide bonds. The van der Waals surface area contributed by atoms with Crippen LogP contribution in [-0.2, 0) is 20.1 Å². The third kappa shape index (κ3) is 5.31. The molecule has 0 bridgehead atoms. The third-order valence-corrected chi connectivity index (χ3v) is 4.75. The van der Waals surface area contributed by atoms with Gasteiger partial charge >= 0.3 is 6.03 Å². The van der Waals surface area contributed by atoms with E-state index in [2.05, 4.69) is 10.3 Å². The molecule has 3 rings (SSSR count). The van der Waals surface area contributed by atoms with Crippen LogP contribution in [0.3, 0.4) is 0 Å². The number of amides is 2. The maximum absolute atomic E-state index is 13.1. The molecule has 1 aromatic carbocycles. The zero-order chi connectivity index (χ0) is 20.6. The fourth-order valence-electron chi connectivity index (χ4n) is 3.07. The summed E-state index contributed by atoms with van der Waals surface area (Å²) in [6.07, 6.45) is 8.25. The number of anilines is 1. The lowest BCUT2D eigenvalue weighted by atomic mass is 10.2. The number of urea groups is 1. The Morgan fingerprint density at radius 1 is 1.21 bits per heavy atom. The highest BCUT2D eigenvalue weighted by Crippen LogP contribution is 2.29. The number of carbonyl (C=O) groups is 1. The summed E-state index contributed by atoms with van der Waals surface area (Å²) in [7, 11) is 5.13. The van der Waals surface area contributed by atoms with Crippen LogP contribution < -0.4 is 14.8 Å². The van der Waals surface area contributed by atoms with Gasteiger partial charge in [0.25, 0.3) is 0 Å². The number of nitrogens with zero attached hydrogens (tertiary/aromatic N) is 4. The van der Waals surface area contributed by atoms with Gasteiger partial charge in [-0.1, -0.05) is 0 Å². The van der Waals surface area contributed by atoms with E-state index in [9.17, 15) is 4.79 Å². The molecule has 0 spiro atoms. The van der Waals surface area contributed by atoms with Gasteiger partial charge in [-0.2, -0.15) is 0 Å². The maximum Gasteiger partial charge on any atom is 0.322 e. The normalized spacial score (nSPS) is 10.6. The van der Waals surface area contributed by atoms with Crippen molar-refractivity contribution in [2.24, 2.45) is 7.05 Å². The first-order valence-electron chi connectivity index (χ1n) is 9.44. The van der Waals surface area contributed by atoms with Crippen LogP contribution in [0.2, 0.25) is 0 Å². The van der Waals surface area contributed by atoms with Crippen molar-refractivity contribution >= 4 is 11.7 Å². The molecule has 154 valence electrons. The Kier molecular flexibility index (Phi) is 6.78. The molecule has 0 radical (unpaired) electrons. The van der Waals surface area contributed by atoms with Crippen LogP contribution in [0.15, 0.2) is 55.2 Å².